The lowest BCUT2D eigenvalue weighted by molar-refractivity contribution is -0.0328. The van der Waals surface area contributed by atoms with Crippen LogP contribution >= 0.6 is 11.8 Å². The van der Waals surface area contributed by atoms with Gasteiger partial charge in [0.2, 0.25) is 0 Å². The maximum Gasteiger partial charge on any atom is 0.446 e. The van der Waals surface area contributed by atoms with Crippen LogP contribution in [0.4, 0.5) is 18.9 Å². The summed E-state index contributed by atoms with van der Waals surface area (Å²) in [6.45, 7) is 2.68. The smallest absolute Gasteiger partial charge is 0.385 e. The first-order chi connectivity index (χ1) is 6.51. The average molecular weight is 221 g/mol. The van der Waals surface area contributed by atoms with Gasteiger partial charge >= 0.3 is 5.51 Å². The van der Waals surface area contributed by atoms with Crippen molar-refractivity contribution in [2.24, 2.45) is 0 Å². The minimum atomic E-state index is -4.21. The molecule has 5 heteroatoms. The number of anilines is 1. The van der Waals surface area contributed by atoms with Crippen molar-refractivity contribution >= 4 is 17.4 Å². The molecular formula is C9H10F3NS. The van der Waals surface area contributed by atoms with Crippen molar-refractivity contribution in [2.45, 2.75) is 17.3 Å². The summed E-state index contributed by atoms with van der Waals surface area (Å²) in [5.41, 5.74) is -3.38. The van der Waals surface area contributed by atoms with E-state index < -0.39 is 5.51 Å². The normalized spacial score (nSPS) is 11.4. The van der Waals surface area contributed by atoms with Crippen molar-refractivity contribution in [3.8, 4) is 0 Å². The Labute approximate surface area is 84.7 Å². The molecule has 1 nitrogen and oxygen atoms in total. The molecule has 0 aromatic heterocycles. The molecule has 0 saturated heterocycles. The van der Waals surface area contributed by atoms with E-state index in [1.54, 1.807) is 12.1 Å². The number of thioether (sulfide) groups is 1. The van der Waals surface area contributed by atoms with Gasteiger partial charge in [0.1, 0.15) is 0 Å². The molecule has 1 aromatic rings. The van der Waals surface area contributed by atoms with Gasteiger partial charge in [-0.2, -0.15) is 13.2 Å². The topological polar surface area (TPSA) is 12.0 Å². The third-order valence-electron chi connectivity index (χ3n) is 1.47. The summed E-state index contributed by atoms with van der Waals surface area (Å²) < 4.78 is 35.8. The van der Waals surface area contributed by atoms with Crippen molar-refractivity contribution in [1.82, 2.24) is 0 Å². The summed E-state index contributed by atoms with van der Waals surface area (Å²) in [6, 6.07) is 6.18. The Balaban J connectivity index is 2.64. The average Bonchev–Trinajstić information content (AvgIpc) is 2.06. The van der Waals surface area contributed by atoms with Crippen LogP contribution in [0.1, 0.15) is 6.92 Å². The number of rotatable bonds is 3. The van der Waals surface area contributed by atoms with E-state index in [0.717, 1.165) is 12.2 Å². The van der Waals surface area contributed by atoms with Gasteiger partial charge < -0.3 is 5.32 Å². The third-order valence-corrected chi connectivity index (χ3v) is 2.21. The fraction of sp³-hybridized carbons (Fsp3) is 0.333. The maximum atomic E-state index is 11.9. The first kappa shape index (κ1) is 11.2. The zero-order chi connectivity index (χ0) is 10.6. The number of hydrogen-bond acceptors (Lipinski definition) is 2. The van der Waals surface area contributed by atoms with Gasteiger partial charge in [-0.25, -0.2) is 0 Å². The number of benzene rings is 1. The summed E-state index contributed by atoms with van der Waals surface area (Å²) in [4.78, 5) is 0.208. The molecule has 0 radical (unpaired) electrons. The van der Waals surface area contributed by atoms with Crippen LogP contribution in [-0.4, -0.2) is 12.1 Å². The van der Waals surface area contributed by atoms with Crippen LogP contribution < -0.4 is 5.32 Å². The minimum Gasteiger partial charge on any atom is -0.385 e. The lowest BCUT2D eigenvalue weighted by Crippen LogP contribution is -1.99. The zero-order valence-electron chi connectivity index (χ0n) is 7.56. The second kappa shape index (κ2) is 4.59. The van der Waals surface area contributed by atoms with Crippen LogP contribution in [0.2, 0.25) is 0 Å². The van der Waals surface area contributed by atoms with E-state index in [4.69, 9.17) is 0 Å². The van der Waals surface area contributed by atoms with E-state index >= 15 is 0 Å². The summed E-state index contributed by atoms with van der Waals surface area (Å²) in [6.07, 6.45) is 0. The summed E-state index contributed by atoms with van der Waals surface area (Å²) >= 11 is -0.100. The fourth-order valence-corrected chi connectivity index (χ4v) is 1.52. The second-order valence-electron chi connectivity index (χ2n) is 2.60. The Kier molecular flexibility index (Phi) is 3.69. The number of nitrogens with one attached hydrogen (secondary N) is 1. The van der Waals surface area contributed by atoms with Crippen molar-refractivity contribution in [3.05, 3.63) is 24.3 Å². The molecular weight excluding hydrogens is 211 g/mol. The second-order valence-corrected chi connectivity index (χ2v) is 3.74. The number of halogens is 3. The van der Waals surface area contributed by atoms with Crippen molar-refractivity contribution in [2.75, 3.05) is 11.9 Å². The standard InChI is InChI=1S/C9H10F3NS/c1-2-13-7-3-5-8(6-4-7)14-9(10,11)12/h3-6,13H,2H2,1H3. The first-order valence-corrected chi connectivity index (χ1v) is 4.92. The molecule has 0 saturated carbocycles. The molecule has 0 aliphatic carbocycles. The van der Waals surface area contributed by atoms with Gasteiger partial charge in [0, 0.05) is 17.1 Å². The monoisotopic (exact) mass is 221 g/mol. The molecule has 0 spiro atoms. The lowest BCUT2D eigenvalue weighted by Gasteiger charge is -2.06. The molecule has 1 N–H and O–H groups in total. The van der Waals surface area contributed by atoms with E-state index in [1.165, 1.54) is 12.1 Å². The molecule has 0 bridgehead atoms. The highest BCUT2D eigenvalue weighted by molar-refractivity contribution is 8.00. The van der Waals surface area contributed by atoms with Crippen LogP contribution in [0.25, 0.3) is 0 Å². The van der Waals surface area contributed by atoms with Gasteiger partial charge in [0.25, 0.3) is 0 Å². The maximum absolute atomic E-state index is 11.9. The Morgan fingerprint density at radius 3 is 2.21 bits per heavy atom. The molecule has 0 atom stereocenters. The highest BCUT2D eigenvalue weighted by atomic mass is 32.2. The van der Waals surface area contributed by atoms with Crippen LogP contribution in [0, 0.1) is 0 Å². The van der Waals surface area contributed by atoms with Crippen molar-refractivity contribution < 1.29 is 13.2 Å². The fourth-order valence-electron chi connectivity index (χ4n) is 0.979. The lowest BCUT2D eigenvalue weighted by atomic mass is 10.3. The molecule has 0 aliphatic heterocycles. The molecule has 78 valence electrons. The molecule has 0 heterocycles. The van der Waals surface area contributed by atoms with E-state index in [-0.39, 0.29) is 16.7 Å². The quantitative estimate of drug-likeness (QED) is 0.780. The SMILES string of the molecule is CCNc1ccc(SC(F)(F)F)cc1. The Bertz CT molecular complexity index is 281. The van der Waals surface area contributed by atoms with Crippen molar-refractivity contribution in [3.63, 3.8) is 0 Å². The number of hydrogen-bond donors (Lipinski definition) is 1. The highest BCUT2D eigenvalue weighted by Gasteiger charge is 2.28. The number of alkyl halides is 3. The molecule has 0 unspecified atom stereocenters. The van der Waals surface area contributed by atoms with Gasteiger partial charge in [-0.15, -0.1) is 0 Å². The molecule has 14 heavy (non-hydrogen) atoms. The van der Waals surface area contributed by atoms with Crippen molar-refractivity contribution in [1.29, 1.82) is 0 Å². The molecule has 0 fully saturated rings. The van der Waals surface area contributed by atoms with Crippen LogP contribution in [-0.2, 0) is 0 Å². The predicted molar refractivity (Wildman–Crippen MR) is 52.5 cm³/mol. The molecule has 0 amide bonds. The van der Waals surface area contributed by atoms with Gasteiger partial charge in [-0.1, -0.05) is 0 Å². The largest absolute Gasteiger partial charge is 0.446 e. The van der Waals surface area contributed by atoms with Crippen LogP contribution in [0.5, 0.6) is 0 Å². The van der Waals surface area contributed by atoms with Gasteiger partial charge in [0.15, 0.2) is 0 Å². The van der Waals surface area contributed by atoms with Gasteiger partial charge in [0.05, 0.1) is 0 Å². The molecule has 0 aliphatic rings. The summed E-state index contributed by atoms with van der Waals surface area (Å²) in [7, 11) is 0. The molecule has 1 aromatic carbocycles. The first-order valence-electron chi connectivity index (χ1n) is 4.11. The minimum absolute atomic E-state index is 0.100. The van der Waals surface area contributed by atoms with Gasteiger partial charge in [-0.3, -0.25) is 0 Å². The third kappa shape index (κ3) is 3.91. The van der Waals surface area contributed by atoms with Crippen LogP contribution in [0.15, 0.2) is 29.2 Å². The molecule has 1 rings (SSSR count). The zero-order valence-corrected chi connectivity index (χ0v) is 8.38. The van der Waals surface area contributed by atoms with E-state index in [2.05, 4.69) is 5.32 Å². The van der Waals surface area contributed by atoms with E-state index in [9.17, 15) is 13.2 Å². The summed E-state index contributed by atoms with van der Waals surface area (Å²) in [5.74, 6) is 0. The van der Waals surface area contributed by atoms with E-state index in [0.29, 0.717) is 0 Å². The van der Waals surface area contributed by atoms with E-state index in [1.807, 2.05) is 6.92 Å². The summed E-state index contributed by atoms with van der Waals surface area (Å²) in [5, 5.41) is 3.01. The van der Waals surface area contributed by atoms with Crippen LogP contribution in [0.3, 0.4) is 0 Å². The Morgan fingerprint density at radius 2 is 1.79 bits per heavy atom. The highest BCUT2D eigenvalue weighted by Crippen LogP contribution is 2.36. The van der Waals surface area contributed by atoms with Gasteiger partial charge in [-0.05, 0) is 43.0 Å². The predicted octanol–water partition coefficient (Wildman–Crippen LogP) is 3.73. The Hall–Kier alpha value is -0.840. The Morgan fingerprint density at radius 1 is 1.21 bits per heavy atom.